The van der Waals surface area contributed by atoms with Gasteiger partial charge in [-0.1, -0.05) is 0 Å². The molecule has 12 heavy (non-hydrogen) atoms. The molecule has 0 amide bonds. The summed E-state index contributed by atoms with van der Waals surface area (Å²) in [6.07, 6.45) is 1.57. The highest BCUT2D eigenvalue weighted by Crippen LogP contribution is 2.11. The predicted octanol–water partition coefficient (Wildman–Crippen LogP) is 0.362. The second-order valence-electron chi connectivity index (χ2n) is 1.99. The summed E-state index contributed by atoms with van der Waals surface area (Å²) in [5.74, 6) is 0. The fourth-order valence-electron chi connectivity index (χ4n) is 0.778. The fraction of sp³-hybridized carbons (Fsp3) is 0.833. The molecule has 0 aromatic heterocycles. The molecule has 0 heterocycles. The van der Waals surface area contributed by atoms with E-state index in [0.717, 1.165) is 0 Å². The molecule has 0 bridgehead atoms. The first-order chi connectivity index (χ1) is 5.74. The maximum atomic E-state index is 8.10. The van der Waals surface area contributed by atoms with Gasteiger partial charge in [0.25, 0.3) is 6.26 Å². The zero-order valence-corrected chi connectivity index (χ0v) is 8.49. The summed E-state index contributed by atoms with van der Waals surface area (Å²) in [4.78, 5) is 0. The molecule has 0 atom stereocenters. The van der Waals surface area contributed by atoms with Crippen molar-refractivity contribution >= 4 is 8.80 Å². The van der Waals surface area contributed by atoms with Crippen molar-refractivity contribution in [2.75, 3.05) is 27.9 Å². The van der Waals surface area contributed by atoms with Gasteiger partial charge in [0.15, 0.2) is 0 Å². The number of hydrogen-bond acceptors (Lipinski definition) is 5. The Bertz CT molecular complexity index is 146. The highest BCUT2D eigenvalue weighted by atomic mass is 28.4. The SMILES string of the molecule is CO[Si](CCOC#N)(OC)OC. The zero-order chi connectivity index (χ0) is 9.45. The van der Waals surface area contributed by atoms with E-state index in [0.29, 0.717) is 6.04 Å². The molecular formula is C6H13NO4Si. The van der Waals surface area contributed by atoms with E-state index in [-0.39, 0.29) is 6.61 Å². The lowest BCUT2D eigenvalue weighted by Crippen LogP contribution is -2.43. The van der Waals surface area contributed by atoms with Crippen molar-refractivity contribution in [2.45, 2.75) is 6.04 Å². The smallest absolute Gasteiger partial charge is 0.428 e. The Morgan fingerprint density at radius 2 is 1.67 bits per heavy atom. The van der Waals surface area contributed by atoms with Gasteiger partial charge in [-0.15, -0.1) is 0 Å². The normalized spacial score (nSPS) is 10.8. The maximum absolute atomic E-state index is 8.10. The van der Waals surface area contributed by atoms with Crippen LogP contribution in [0.15, 0.2) is 0 Å². The zero-order valence-electron chi connectivity index (χ0n) is 7.49. The predicted molar refractivity (Wildman–Crippen MR) is 43.2 cm³/mol. The molecule has 0 saturated carbocycles. The number of ether oxygens (including phenoxy) is 1. The third-order valence-corrected chi connectivity index (χ3v) is 4.19. The molecular weight excluding hydrogens is 178 g/mol. The van der Waals surface area contributed by atoms with Crippen LogP contribution in [0.5, 0.6) is 0 Å². The van der Waals surface area contributed by atoms with E-state index in [1.165, 1.54) is 21.3 Å². The molecule has 0 N–H and O–H groups in total. The minimum atomic E-state index is -2.53. The van der Waals surface area contributed by atoms with Crippen LogP contribution in [0.2, 0.25) is 6.04 Å². The van der Waals surface area contributed by atoms with Crippen LogP contribution in [-0.2, 0) is 18.0 Å². The van der Waals surface area contributed by atoms with Gasteiger partial charge in [-0.2, -0.15) is 5.26 Å². The molecule has 0 aromatic rings. The molecule has 5 nitrogen and oxygen atoms in total. The molecule has 0 aliphatic carbocycles. The number of hydrogen-bond donors (Lipinski definition) is 0. The van der Waals surface area contributed by atoms with Crippen LogP contribution in [0.25, 0.3) is 0 Å². The maximum Gasteiger partial charge on any atom is 0.503 e. The summed E-state index contributed by atoms with van der Waals surface area (Å²) >= 11 is 0. The van der Waals surface area contributed by atoms with Crippen LogP contribution in [0, 0.1) is 11.5 Å². The summed E-state index contributed by atoms with van der Waals surface area (Å²) in [5.41, 5.74) is 0. The first-order valence-electron chi connectivity index (χ1n) is 3.41. The summed E-state index contributed by atoms with van der Waals surface area (Å²) in [7, 11) is 2.03. The van der Waals surface area contributed by atoms with E-state index < -0.39 is 8.80 Å². The van der Waals surface area contributed by atoms with Gasteiger partial charge in [-0.3, -0.25) is 0 Å². The molecule has 0 aliphatic rings. The average molecular weight is 191 g/mol. The lowest BCUT2D eigenvalue weighted by atomic mass is 10.9. The van der Waals surface area contributed by atoms with Gasteiger partial charge in [0.1, 0.15) is 6.61 Å². The molecule has 0 aromatic carbocycles. The van der Waals surface area contributed by atoms with Crippen molar-refractivity contribution in [1.82, 2.24) is 0 Å². The quantitative estimate of drug-likeness (QED) is 0.345. The molecule has 0 saturated heterocycles. The Balaban J connectivity index is 3.86. The standard InChI is InChI=1S/C6H13NO4Si/c1-8-12(9-2,10-3)5-4-11-6-7/h4-5H2,1-3H3. The van der Waals surface area contributed by atoms with Crippen LogP contribution in [-0.4, -0.2) is 36.7 Å². The van der Waals surface area contributed by atoms with E-state index in [4.69, 9.17) is 18.5 Å². The van der Waals surface area contributed by atoms with Gasteiger partial charge in [-0.25, -0.2) is 0 Å². The summed E-state index contributed by atoms with van der Waals surface area (Å²) < 4.78 is 19.8. The van der Waals surface area contributed by atoms with Crippen LogP contribution < -0.4 is 0 Å². The van der Waals surface area contributed by atoms with Crippen LogP contribution in [0.3, 0.4) is 0 Å². The average Bonchev–Trinajstić information content (AvgIpc) is 2.14. The third-order valence-electron chi connectivity index (χ3n) is 1.51. The second kappa shape index (κ2) is 5.96. The Morgan fingerprint density at radius 3 is 2.00 bits per heavy atom. The molecule has 0 aliphatic heterocycles. The largest absolute Gasteiger partial charge is 0.503 e. The van der Waals surface area contributed by atoms with E-state index in [2.05, 4.69) is 4.74 Å². The second-order valence-corrected chi connectivity index (χ2v) is 5.08. The van der Waals surface area contributed by atoms with E-state index >= 15 is 0 Å². The van der Waals surface area contributed by atoms with Gasteiger partial charge >= 0.3 is 8.80 Å². The van der Waals surface area contributed by atoms with Crippen molar-refractivity contribution in [3.8, 4) is 6.26 Å². The van der Waals surface area contributed by atoms with Crippen molar-refractivity contribution in [1.29, 1.82) is 5.26 Å². The first kappa shape index (κ1) is 11.4. The minimum Gasteiger partial charge on any atom is -0.428 e. The van der Waals surface area contributed by atoms with E-state index in [1.807, 2.05) is 0 Å². The Labute approximate surface area is 73.2 Å². The summed E-state index contributed by atoms with van der Waals surface area (Å²) in [6, 6.07) is 0.476. The van der Waals surface area contributed by atoms with Gasteiger partial charge in [0.05, 0.1) is 6.04 Å². The molecule has 0 fully saturated rings. The van der Waals surface area contributed by atoms with Crippen molar-refractivity contribution in [2.24, 2.45) is 0 Å². The molecule has 70 valence electrons. The molecule has 0 radical (unpaired) electrons. The lowest BCUT2D eigenvalue weighted by molar-refractivity contribution is 0.115. The summed E-state index contributed by atoms with van der Waals surface area (Å²) in [5, 5.41) is 8.10. The van der Waals surface area contributed by atoms with Crippen molar-refractivity contribution in [3.63, 3.8) is 0 Å². The molecule has 0 unspecified atom stereocenters. The van der Waals surface area contributed by atoms with E-state index in [9.17, 15) is 0 Å². The summed E-state index contributed by atoms with van der Waals surface area (Å²) in [6.45, 7) is 0.262. The monoisotopic (exact) mass is 191 g/mol. The number of rotatable bonds is 6. The van der Waals surface area contributed by atoms with Gasteiger partial charge in [0.2, 0.25) is 0 Å². The topological polar surface area (TPSA) is 60.7 Å². The number of nitrogens with zero attached hydrogens (tertiary/aromatic N) is 1. The van der Waals surface area contributed by atoms with Crippen LogP contribution >= 0.6 is 0 Å². The van der Waals surface area contributed by atoms with Gasteiger partial charge < -0.3 is 18.0 Å². The first-order valence-corrected chi connectivity index (χ1v) is 5.34. The van der Waals surface area contributed by atoms with E-state index in [1.54, 1.807) is 6.26 Å². The molecule has 0 rings (SSSR count). The number of nitriles is 1. The highest BCUT2D eigenvalue weighted by Gasteiger charge is 2.37. The lowest BCUT2D eigenvalue weighted by Gasteiger charge is -2.23. The van der Waals surface area contributed by atoms with Crippen LogP contribution in [0.1, 0.15) is 0 Å². The third kappa shape index (κ3) is 3.19. The van der Waals surface area contributed by atoms with Crippen molar-refractivity contribution in [3.05, 3.63) is 0 Å². The van der Waals surface area contributed by atoms with Gasteiger partial charge in [0, 0.05) is 21.3 Å². The van der Waals surface area contributed by atoms with Crippen LogP contribution in [0.4, 0.5) is 0 Å². The fourth-order valence-corrected chi connectivity index (χ4v) is 2.24. The molecule has 0 spiro atoms. The Hall–Kier alpha value is -0.613. The highest BCUT2D eigenvalue weighted by molar-refractivity contribution is 6.60. The Morgan fingerprint density at radius 1 is 1.17 bits per heavy atom. The minimum absolute atomic E-state index is 0.262. The van der Waals surface area contributed by atoms with Gasteiger partial charge in [-0.05, 0) is 0 Å². The Kier molecular flexibility index (Phi) is 5.66. The van der Waals surface area contributed by atoms with Crippen molar-refractivity contribution < 1.29 is 18.0 Å². The molecule has 6 heteroatoms.